The normalized spacial score (nSPS) is 10.5. The first-order valence-electron chi connectivity index (χ1n) is 8.95. The van der Waals surface area contributed by atoms with Crippen LogP contribution in [0.25, 0.3) is 11.0 Å². The van der Waals surface area contributed by atoms with Gasteiger partial charge in [0.15, 0.2) is 6.19 Å². The second kappa shape index (κ2) is 10.1. The van der Waals surface area contributed by atoms with Crippen molar-refractivity contribution < 1.29 is 4.79 Å². The number of fused-ring (bicyclic) bond motifs is 1. The Morgan fingerprint density at radius 3 is 2.79 bits per heavy atom. The van der Waals surface area contributed by atoms with E-state index in [4.69, 9.17) is 5.26 Å². The molecule has 0 aliphatic carbocycles. The highest BCUT2D eigenvalue weighted by Gasteiger charge is 2.03. The molecule has 0 aliphatic rings. The smallest absolute Gasteiger partial charge is 0.296 e. The van der Waals surface area contributed by atoms with E-state index in [1.165, 1.54) is 0 Å². The number of guanidine groups is 1. The first-order chi connectivity index (χ1) is 14.3. The van der Waals surface area contributed by atoms with Gasteiger partial charge in [-0.2, -0.15) is 5.26 Å². The average molecular weight is 385 g/mol. The molecule has 0 radical (unpaired) electrons. The minimum absolute atomic E-state index is 0.331. The van der Waals surface area contributed by atoms with Gasteiger partial charge in [-0.1, -0.05) is 24.1 Å². The van der Waals surface area contributed by atoms with Crippen LogP contribution in [0.4, 0.5) is 0 Å². The minimum Gasteiger partial charge on any atom is -0.354 e. The van der Waals surface area contributed by atoms with Crippen molar-refractivity contribution in [2.24, 2.45) is 4.99 Å². The summed E-state index contributed by atoms with van der Waals surface area (Å²) in [7, 11) is 0. The highest BCUT2D eigenvalue weighted by atomic mass is 16.1. The van der Waals surface area contributed by atoms with Crippen LogP contribution in [0.15, 0.2) is 59.9 Å². The lowest BCUT2D eigenvalue weighted by Crippen LogP contribution is -2.39. The molecular formula is C21H19N7O. The lowest BCUT2D eigenvalue weighted by atomic mass is 10.2. The Kier molecular flexibility index (Phi) is 6.81. The quantitative estimate of drug-likeness (QED) is 0.132. The molecule has 2 heterocycles. The van der Waals surface area contributed by atoms with Crippen molar-refractivity contribution >= 4 is 22.9 Å². The zero-order valence-electron chi connectivity index (χ0n) is 15.6. The summed E-state index contributed by atoms with van der Waals surface area (Å²) < 4.78 is 0. The summed E-state index contributed by atoms with van der Waals surface area (Å²) in [6.07, 6.45) is 5.38. The molecule has 0 aliphatic heterocycles. The molecule has 1 aromatic carbocycles. The van der Waals surface area contributed by atoms with Crippen LogP contribution >= 0.6 is 0 Å². The number of aliphatic imine (C=N–C) groups is 1. The lowest BCUT2D eigenvalue weighted by Gasteiger charge is -2.08. The molecule has 0 fully saturated rings. The molecule has 144 valence electrons. The van der Waals surface area contributed by atoms with Gasteiger partial charge < -0.3 is 15.6 Å². The van der Waals surface area contributed by atoms with Crippen molar-refractivity contribution in [1.82, 2.24) is 25.9 Å². The van der Waals surface area contributed by atoms with Crippen molar-refractivity contribution in [3.63, 3.8) is 0 Å². The van der Waals surface area contributed by atoms with Gasteiger partial charge in [0, 0.05) is 42.4 Å². The maximum absolute atomic E-state index is 11.8. The molecular weight excluding hydrogens is 366 g/mol. The lowest BCUT2D eigenvalue weighted by molar-refractivity contribution is -0.115. The van der Waals surface area contributed by atoms with Crippen molar-refractivity contribution in [1.29, 1.82) is 5.26 Å². The number of hydrogen-bond donors (Lipinski definition) is 4. The number of pyridine rings is 1. The summed E-state index contributed by atoms with van der Waals surface area (Å²) >= 11 is 0. The number of nitrogens with zero attached hydrogens (tertiary/aromatic N) is 3. The molecule has 29 heavy (non-hydrogen) atoms. The van der Waals surface area contributed by atoms with Gasteiger partial charge in [0.05, 0.1) is 6.54 Å². The Bertz CT molecular complexity index is 1100. The number of amides is 1. The van der Waals surface area contributed by atoms with E-state index >= 15 is 0 Å². The number of nitriles is 1. The third-order valence-electron chi connectivity index (χ3n) is 3.93. The van der Waals surface area contributed by atoms with E-state index in [0.717, 1.165) is 22.2 Å². The highest BCUT2D eigenvalue weighted by molar-refractivity contribution is 5.94. The van der Waals surface area contributed by atoms with Gasteiger partial charge in [0.1, 0.15) is 5.65 Å². The van der Waals surface area contributed by atoms with Crippen LogP contribution in [0.1, 0.15) is 11.1 Å². The van der Waals surface area contributed by atoms with Gasteiger partial charge >= 0.3 is 0 Å². The van der Waals surface area contributed by atoms with E-state index < -0.39 is 0 Å². The maximum atomic E-state index is 11.8. The number of H-pyrrole nitrogens is 1. The fraction of sp³-hybridized carbons (Fsp3) is 0.143. The molecule has 1 amide bonds. The molecule has 8 nitrogen and oxygen atoms in total. The summed E-state index contributed by atoms with van der Waals surface area (Å²) in [5, 5.41) is 18.1. The summed E-state index contributed by atoms with van der Waals surface area (Å²) in [6, 6.07) is 13.1. The number of aromatic amines is 1. The van der Waals surface area contributed by atoms with Crippen LogP contribution in [-0.4, -0.2) is 34.9 Å². The molecule has 0 spiro atoms. The number of nitrogens with one attached hydrogen (secondary N) is 4. The largest absolute Gasteiger partial charge is 0.354 e. The third kappa shape index (κ3) is 5.84. The molecule has 0 bridgehead atoms. The topological polar surface area (TPSA) is 118 Å². The van der Waals surface area contributed by atoms with Crippen LogP contribution in [-0.2, 0) is 11.3 Å². The number of benzene rings is 1. The number of aromatic nitrogens is 2. The number of carbonyl (C=O) groups is 1. The number of rotatable bonds is 5. The van der Waals surface area contributed by atoms with Crippen molar-refractivity contribution in [2.75, 3.05) is 13.1 Å². The van der Waals surface area contributed by atoms with Crippen LogP contribution < -0.4 is 16.0 Å². The van der Waals surface area contributed by atoms with E-state index in [0.29, 0.717) is 25.6 Å². The van der Waals surface area contributed by atoms with Crippen molar-refractivity contribution in [2.45, 2.75) is 6.54 Å². The Labute approximate surface area is 168 Å². The Morgan fingerprint density at radius 1 is 1.14 bits per heavy atom. The van der Waals surface area contributed by atoms with E-state index in [1.807, 2.05) is 54.9 Å². The third-order valence-corrected chi connectivity index (χ3v) is 3.93. The van der Waals surface area contributed by atoms with Gasteiger partial charge in [-0.05, 0) is 29.8 Å². The van der Waals surface area contributed by atoms with Crippen molar-refractivity contribution in [3.05, 3.63) is 66.0 Å². The van der Waals surface area contributed by atoms with Crippen LogP contribution in [0.3, 0.4) is 0 Å². The predicted octanol–water partition coefficient (Wildman–Crippen LogP) is 1.25. The zero-order valence-corrected chi connectivity index (χ0v) is 15.6. The maximum Gasteiger partial charge on any atom is 0.296 e. The average Bonchev–Trinajstić information content (AvgIpc) is 3.23. The second-order valence-corrected chi connectivity index (χ2v) is 5.91. The first-order valence-corrected chi connectivity index (χ1v) is 8.95. The molecule has 2 aromatic heterocycles. The van der Waals surface area contributed by atoms with Crippen molar-refractivity contribution in [3.8, 4) is 18.0 Å². The van der Waals surface area contributed by atoms with E-state index in [9.17, 15) is 4.79 Å². The summed E-state index contributed by atoms with van der Waals surface area (Å²) in [5.41, 5.74) is 2.56. The summed E-state index contributed by atoms with van der Waals surface area (Å²) in [4.78, 5) is 23.5. The SMILES string of the molecule is N#CNC(=NCc1ccnc2[nH]ccc12)NCCNC(=O)C#Cc1ccccc1. The number of hydrogen-bond acceptors (Lipinski definition) is 4. The van der Waals surface area contributed by atoms with Gasteiger partial charge in [-0.3, -0.25) is 10.1 Å². The molecule has 0 saturated carbocycles. The molecule has 0 atom stereocenters. The van der Waals surface area contributed by atoms with Gasteiger partial charge in [0.2, 0.25) is 5.96 Å². The van der Waals surface area contributed by atoms with E-state index in [-0.39, 0.29) is 5.91 Å². The fourth-order valence-electron chi connectivity index (χ4n) is 2.56. The molecule has 8 heteroatoms. The monoisotopic (exact) mass is 385 g/mol. The molecule has 4 N–H and O–H groups in total. The minimum atomic E-state index is -0.367. The molecule has 0 unspecified atom stereocenters. The van der Waals surface area contributed by atoms with Crippen LogP contribution in [0.5, 0.6) is 0 Å². The van der Waals surface area contributed by atoms with Gasteiger partial charge in [-0.15, -0.1) is 0 Å². The standard InChI is InChI=1S/C21H19N7O/c22-15-28-21(27-14-17-8-10-24-20-18(17)9-11-25-20)26-13-12-23-19(29)7-6-16-4-2-1-3-5-16/h1-5,8-11H,12-14H2,(H,23,29)(H,24,25)(H2,26,27,28). The predicted molar refractivity (Wildman–Crippen MR) is 110 cm³/mol. The van der Waals surface area contributed by atoms with Crippen LogP contribution in [0, 0.1) is 23.3 Å². The van der Waals surface area contributed by atoms with Gasteiger partial charge in [-0.25, -0.2) is 9.98 Å². The van der Waals surface area contributed by atoms with E-state index in [2.05, 4.69) is 42.8 Å². The fourth-order valence-corrected chi connectivity index (χ4v) is 2.56. The molecule has 3 rings (SSSR count). The van der Waals surface area contributed by atoms with E-state index in [1.54, 1.807) is 6.20 Å². The summed E-state index contributed by atoms with van der Waals surface area (Å²) in [5.74, 6) is 5.30. The van der Waals surface area contributed by atoms with Gasteiger partial charge in [0.25, 0.3) is 5.91 Å². The summed E-state index contributed by atoms with van der Waals surface area (Å²) in [6.45, 7) is 1.11. The Hall–Kier alpha value is -4.30. The van der Waals surface area contributed by atoms with Crippen LogP contribution in [0.2, 0.25) is 0 Å². The molecule has 3 aromatic rings. The number of carbonyl (C=O) groups excluding carboxylic acids is 1. The zero-order chi connectivity index (χ0) is 20.3. The Morgan fingerprint density at radius 2 is 1.97 bits per heavy atom. The first kappa shape index (κ1) is 19.5. The highest BCUT2D eigenvalue weighted by Crippen LogP contribution is 2.15. The molecule has 0 saturated heterocycles. The Balaban J connectivity index is 1.49. The second-order valence-electron chi connectivity index (χ2n) is 5.91.